The van der Waals surface area contributed by atoms with Crippen LogP contribution in [0, 0.1) is 0 Å². The highest BCUT2D eigenvalue weighted by molar-refractivity contribution is 6.74. The normalized spacial score (nSPS) is 22.9. The lowest BCUT2D eigenvalue weighted by Gasteiger charge is -2.41. The molecule has 0 spiro atoms. The molecule has 6 heteroatoms. The molecule has 0 radical (unpaired) electrons. The summed E-state index contributed by atoms with van der Waals surface area (Å²) in [4.78, 5) is 8.51. The molecular weight excluding hydrogens is 338 g/mol. The van der Waals surface area contributed by atoms with E-state index >= 15 is 0 Å². The standard InChI is InChI=1S/C18H28ClN3OSi/c1-18(2,3)24(4,5)23-15-8-6-7-14(11-15)22-10-9-13-12-20-17(19)21-16(13)22/h9-10,12,14-15H,6-8,11H2,1-5H3/t14-,15-/m1/s1. The summed E-state index contributed by atoms with van der Waals surface area (Å²) in [5.74, 6) is 0. The largest absolute Gasteiger partial charge is 0.414 e. The predicted octanol–water partition coefficient (Wildman–Crippen LogP) is 5.59. The van der Waals surface area contributed by atoms with E-state index in [0.717, 1.165) is 23.9 Å². The van der Waals surface area contributed by atoms with Crippen molar-refractivity contribution in [2.24, 2.45) is 0 Å². The second kappa shape index (κ2) is 6.43. The van der Waals surface area contributed by atoms with Crippen molar-refractivity contribution in [2.75, 3.05) is 0 Å². The first kappa shape index (κ1) is 17.9. The van der Waals surface area contributed by atoms with Gasteiger partial charge in [-0.15, -0.1) is 0 Å². The zero-order valence-corrected chi connectivity index (χ0v) is 17.1. The number of nitrogens with zero attached hydrogens (tertiary/aromatic N) is 3. The van der Waals surface area contributed by atoms with Gasteiger partial charge in [-0.2, -0.15) is 4.98 Å². The van der Waals surface area contributed by atoms with Gasteiger partial charge in [0.25, 0.3) is 0 Å². The summed E-state index contributed by atoms with van der Waals surface area (Å²) < 4.78 is 8.94. The van der Waals surface area contributed by atoms with Crippen molar-refractivity contribution in [2.45, 2.75) is 76.7 Å². The van der Waals surface area contributed by atoms with Gasteiger partial charge in [0, 0.05) is 29.9 Å². The van der Waals surface area contributed by atoms with E-state index in [0.29, 0.717) is 17.4 Å². The maximum atomic E-state index is 6.67. The van der Waals surface area contributed by atoms with Gasteiger partial charge in [-0.1, -0.05) is 20.8 Å². The van der Waals surface area contributed by atoms with E-state index in [1.54, 1.807) is 6.20 Å². The molecule has 3 rings (SSSR count). The lowest BCUT2D eigenvalue weighted by atomic mass is 9.93. The molecular formula is C18H28ClN3OSi. The van der Waals surface area contributed by atoms with E-state index in [1.807, 2.05) is 0 Å². The average Bonchev–Trinajstić information content (AvgIpc) is 2.88. The van der Waals surface area contributed by atoms with E-state index in [9.17, 15) is 0 Å². The molecule has 1 saturated carbocycles. The van der Waals surface area contributed by atoms with Crippen molar-refractivity contribution >= 4 is 31.0 Å². The summed E-state index contributed by atoms with van der Waals surface area (Å²) in [7, 11) is -1.73. The molecule has 2 atom stereocenters. The molecule has 1 fully saturated rings. The second-order valence-electron chi connectivity index (χ2n) is 8.46. The number of aromatic nitrogens is 3. The summed E-state index contributed by atoms with van der Waals surface area (Å²) in [5, 5.41) is 1.61. The van der Waals surface area contributed by atoms with Crippen molar-refractivity contribution in [3.8, 4) is 0 Å². The highest BCUT2D eigenvalue weighted by atomic mass is 35.5. The third-order valence-corrected chi connectivity index (χ3v) is 10.4. The molecule has 0 amide bonds. The lowest BCUT2D eigenvalue weighted by Crippen LogP contribution is -2.45. The first-order valence-corrected chi connectivity index (χ1v) is 12.1. The maximum Gasteiger partial charge on any atom is 0.224 e. The Morgan fingerprint density at radius 1 is 1.29 bits per heavy atom. The number of fused-ring (bicyclic) bond motifs is 1. The monoisotopic (exact) mass is 365 g/mol. The van der Waals surface area contributed by atoms with Crippen molar-refractivity contribution in [1.29, 1.82) is 0 Å². The van der Waals surface area contributed by atoms with E-state index in [2.05, 4.69) is 60.7 Å². The van der Waals surface area contributed by atoms with Crippen LogP contribution in [0.4, 0.5) is 0 Å². The van der Waals surface area contributed by atoms with Crippen LogP contribution in [0.1, 0.15) is 52.5 Å². The number of rotatable bonds is 3. The van der Waals surface area contributed by atoms with Crippen LogP contribution < -0.4 is 0 Å². The van der Waals surface area contributed by atoms with Crippen LogP contribution in [0.15, 0.2) is 18.5 Å². The summed E-state index contributed by atoms with van der Waals surface area (Å²) in [6.45, 7) is 11.6. The Balaban J connectivity index is 1.79. The van der Waals surface area contributed by atoms with Crippen LogP contribution >= 0.6 is 11.6 Å². The first-order valence-electron chi connectivity index (χ1n) is 8.84. The quantitative estimate of drug-likeness (QED) is 0.525. The van der Waals surface area contributed by atoms with Crippen LogP contribution in [-0.4, -0.2) is 29.0 Å². The van der Waals surface area contributed by atoms with Crippen molar-refractivity contribution in [1.82, 2.24) is 14.5 Å². The minimum Gasteiger partial charge on any atom is -0.414 e. The molecule has 0 unspecified atom stereocenters. The average molecular weight is 366 g/mol. The summed E-state index contributed by atoms with van der Waals surface area (Å²) in [5.41, 5.74) is 0.938. The van der Waals surface area contributed by atoms with Crippen molar-refractivity contribution in [3.05, 3.63) is 23.7 Å². The Labute approximate surface area is 150 Å². The Kier molecular flexibility index (Phi) is 4.79. The van der Waals surface area contributed by atoms with Gasteiger partial charge in [0.2, 0.25) is 5.28 Å². The molecule has 132 valence electrons. The minimum atomic E-state index is -1.73. The van der Waals surface area contributed by atoms with E-state index < -0.39 is 8.32 Å². The minimum absolute atomic E-state index is 0.251. The smallest absolute Gasteiger partial charge is 0.224 e. The van der Waals surface area contributed by atoms with Gasteiger partial charge in [0.15, 0.2) is 8.32 Å². The molecule has 24 heavy (non-hydrogen) atoms. The Bertz CT molecular complexity index is 723. The summed E-state index contributed by atoms with van der Waals surface area (Å²) >= 11 is 6.00. The van der Waals surface area contributed by atoms with Crippen LogP contribution in [0.2, 0.25) is 23.4 Å². The fourth-order valence-electron chi connectivity index (χ4n) is 3.29. The SMILES string of the molecule is CC(C)(C)[Si](C)(C)O[C@@H]1CCC[C@@H](n2ccc3cnc(Cl)nc32)C1. The van der Waals surface area contributed by atoms with E-state index in [-0.39, 0.29) is 5.04 Å². The Morgan fingerprint density at radius 2 is 2.04 bits per heavy atom. The number of hydrogen-bond donors (Lipinski definition) is 0. The van der Waals surface area contributed by atoms with Gasteiger partial charge >= 0.3 is 0 Å². The topological polar surface area (TPSA) is 39.9 Å². The summed E-state index contributed by atoms with van der Waals surface area (Å²) in [6.07, 6.45) is 8.85. The van der Waals surface area contributed by atoms with Gasteiger partial charge < -0.3 is 8.99 Å². The molecule has 2 aromatic heterocycles. The number of halogens is 1. The molecule has 0 aliphatic heterocycles. The first-order chi connectivity index (χ1) is 11.2. The van der Waals surface area contributed by atoms with Crippen molar-refractivity contribution in [3.63, 3.8) is 0 Å². The second-order valence-corrected chi connectivity index (χ2v) is 13.6. The highest BCUT2D eigenvalue weighted by Gasteiger charge is 2.40. The molecule has 0 N–H and O–H groups in total. The maximum absolute atomic E-state index is 6.67. The van der Waals surface area contributed by atoms with Gasteiger partial charge in [-0.05, 0) is 61.5 Å². The highest BCUT2D eigenvalue weighted by Crippen LogP contribution is 2.41. The molecule has 0 aromatic carbocycles. The van der Waals surface area contributed by atoms with Crippen LogP contribution in [-0.2, 0) is 4.43 Å². The van der Waals surface area contributed by atoms with Gasteiger partial charge in [-0.3, -0.25) is 0 Å². The lowest BCUT2D eigenvalue weighted by molar-refractivity contribution is 0.113. The fraction of sp³-hybridized carbons (Fsp3) is 0.667. The van der Waals surface area contributed by atoms with E-state index in [1.165, 1.54) is 12.8 Å². The molecule has 4 nitrogen and oxygen atoms in total. The van der Waals surface area contributed by atoms with Gasteiger partial charge in [-0.25, -0.2) is 4.98 Å². The van der Waals surface area contributed by atoms with Crippen LogP contribution in [0.3, 0.4) is 0 Å². The molecule has 2 aromatic rings. The molecule has 1 aliphatic rings. The fourth-order valence-corrected chi connectivity index (χ4v) is 4.81. The molecule has 0 saturated heterocycles. The summed E-state index contributed by atoms with van der Waals surface area (Å²) in [6, 6.07) is 2.50. The predicted molar refractivity (Wildman–Crippen MR) is 102 cm³/mol. The number of hydrogen-bond acceptors (Lipinski definition) is 3. The van der Waals surface area contributed by atoms with Crippen LogP contribution in [0.25, 0.3) is 11.0 Å². The molecule has 2 heterocycles. The zero-order valence-electron chi connectivity index (χ0n) is 15.3. The molecule has 1 aliphatic carbocycles. The van der Waals surface area contributed by atoms with E-state index in [4.69, 9.17) is 16.0 Å². The molecule has 0 bridgehead atoms. The van der Waals surface area contributed by atoms with Crippen LogP contribution in [0.5, 0.6) is 0 Å². The Morgan fingerprint density at radius 3 is 2.75 bits per heavy atom. The zero-order chi connectivity index (χ0) is 17.5. The van der Waals surface area contributed by atoms with Crippen molar-refractivity contribution < 1.29 is 4.43 Å². The third-order valence-electron chi connectivity index (χ3n) is 5.69. The van der Waals surface area contributed by atoms with Gasteiger partial charge in [0.1, 0.15) is 5.65 Å². The third kappa shape index (κ3) is 3.53. The van der Waals surface area contributed by atoms with Gasteiger partial charge in [0.05, 0.1) is 0 Å². The Hall–Kier alpha value is -0.913.